The van der Waals surface area contributed by atoms with Gasteiger partial charge in [-0.25, -0.2) is 0 Å². The van der Waals surface area contributed by atoms with Gasteiger partial charge in [-0.3, -0.25) is 14.6 Å². The molecule has 0 unspecified atom stereocenters. The first-order valence-corrected chi connectivity index (χ1v) is 14.9. The number of aromatic nitrogens is 1. The van der Waals surface area contributed by atoms with Crippen molar-refractivity contribution in [3.8, 4) is 0 Å². The van der Waals surface area contributed by atoms with Crippen molar-refractivity contribution >= 4 is 17.5 Å². The lowest BCUT2D eigenvalue weighted by Crippen LogP contribution is -2.48. The molecule has 7 heteroatoms. The number of nitrogens with one attached hydrogen (secondary N) is 2. The number of anilines is 1. The number of amides is 2. The Labute approximate surface area is 245 Å². The predicted molar refractivity (Wildman–Crippen MR) is 166 cm³/mol. The van der Waals surface area contributed by atoms with Gasteiger partial charge in [0.2, 0.25) is 0 Å². The first kappa shape index (κ1) is 30.3. The number of piperidine rings is 1. The molecule has 1 atom stereocenters. The van der Waals surface area contributed by atoms with Gasteiger partial charge in [-0.2, -0.15) is 0 Å². The second kappa shape index (κ2) is 14.3. The summed E-state index contributed by atoms with van der Waals surface area (Å²) in [5.74, 6) is -0.185. The minimum absolute atomic E-state index is 0.0618. The third-order valence-corrected chi connectivity index (χ3v) is 8.02. The van der Waals surface area contributed by atoms with Crippen LogP contribution in [0.15, 0.2) is 67.0 Å². The number of carbonyl (C=O) groups excluding carboxylic acids is 2. The highest BCUT2D eigenvalue weighted by Gasteiger charge is 2.27. The van der Waals surface area contributed by atoms with Crippen molar-refractivity contribution in [3.63, 3.8) is 0 Å². The highest BCUT2D eigenvalue weighted by atomic mass is 16.2. The van der Waals surface area contributed by atoms with Gasteiger partial charge in [-0.15, -0.1) is 0 Å². The molecule has 0 aliphatic carbocycles. The van der Waals surface area contributed by atoms with Gasteiger partial charge >= 0.3 is 0 Å². The highest BCUT2D eigenvalue weighted by molar-refractivity contribution is 6.00. The SMILES string of the molecule is Cc1cc(C(=O)NCC[C@@H](C)N2CCC(N(Cc3cccnc3)c3ccccc3)CC2)cc(C)c1C(=O)NC(C)C. The van der Waals surface area contributed by atoms with Crippen molar-refractivity contribution in [2.45, 2.75) is 78.6 Å². The van der Waals surface area contributed by atoms with Crippen molar-refractivity contribution in [1.29, 1.82) is 0 Å². The Kier molecular flexibility index (Phi) is 10.5. The molecule has 218 valence electrons. The Hall–Kier alpha value is -3.71. The van der Waals surface area contributed by atoms with Crippen LogP contribution in [0.1, 0.15) is 77.4 Å². The van der Waals surface area contributed by atoms with E-state index in [9.17, 15) is 9.59 Å². The van der Waals surface area contributed by atoms with E-state index in [-0.39, 0.29) is 17.9 Å². The summed E-state index contributed by atoms with van der Waals surface area (Å²) in [6, 6.07) is 19.4. The molecule has 1 fully saturated rings. The number of benzene rings is 2. The molecular formula is C34H45N5O2. The fourth-order valence-corrected chi connectivity index (χ4v) is 5.84. The summed E-state index contributed by atoms with van der Waals surface area (Å²) in [7, 11) is 0. The van der Waals surface area contributed by atoms with Gasteiger partial charge < -0.3 is 20.4 Å². The zero-order chi connectivity index (χ0) is 29.4. The number of nitrogens with zero attached hydrogens (tertiary/aromatic N) is 3. The number of hydrogen-bond acceptors (Lipinski definition) is 5. The maximum absolute atomic E-state index is 12.9. The molecule has 1 aliphatic heterocycles. The van der Waals surface area contributed by atoms with E-state index in [1.807, 2.05) is 58.3 Å². The normalized spacial score (nSPS) is 15.0. The molecule has 0 bridgehead atoms. The molecule has 1 saturated heterocycles. The van der Waals surface area contributed by atoms with Crippen LogP contribution in [0.25, 0.3) is 0 Å². The summed E-state index contributed by atoms with van der Waals surface area (Å²) in [4.78, 5) is 34.9. The molecule has 0 saturated carbocycles. The third kappa shape index (κ3) is 8.17. The van der Waals surface area contributed by atoms with E-state index in [1.54, 1.807) is 0 Å². The van der Waals surface area contributed by atoms with E-state index >= 15 is 0 Å². The monoisotopic (exact) mass is 555 g/mol. The molecule has 1 aromatic heterocycles. The van der Waals surface area contributed by atoms with E-state index in [4.69, 9.17) is 0 Å². The predicted octanol–water partition coefficient (Wildman–Crippen LogP) is 5.52. The molecule has 2 amide bonds. The average molecular weight is 556 g/mol. The lowest BCUT2D eigenvalue weighted by Gasteiger charge is -2.42. The Morgan fingerprint density at radius 3 is 2.27 bits per heavy atom. The summed E-state index contributed by atoms with van der Waals surface area (Å²) in [5, 5.41) is 6.05. The van der Waals surface area contributed by atoms with E-state index < -0.39 is 0 Å². The molecule has 2 heterocycles. The molecule has 3 aromatic rings. The molecule has 1 aliphatic rings. The zero-order valence-electron chi connectivity index (χ0n) is 25.2. The zero-order valence-corrected chi connectivity index (χ0v) is 25.2. The number of pyridine rings is 1. The molecule has 4 rings (SSSR count). The number of carbonyl (C=O) groups is 2. The van der Waals surface area contributed by atoms with E-state index in [1.165, 1.54) is 11.3 Å². The maximum atomic E-state index is 12.9. The Bertz CT molecular complexity index is 1260. The van der Waals surface area contributed by atoms with Crippen molar-refractivity contribution in [1.82, 2.24) is 20.5 Å². The summed E-state index contributed by atoms with van der Waals surface area (Å²) in [6.07, 6.45) is 6.87. The summed E-state index contributed by atoms with van der Waals surface area (Å²) < 4.78 is 0. The minimum atomic E-state index is -0.0940. The van der Waals surface area contributed by atoms with Crippen molar-refractivity contribution in [2.24, 2.45) is 0 Å². The molecule has 2 N–H and O–H groups in total. The van der Waals surface area contributed by atoms with E-state index in [2.05, 4.69) is 68.7 Å². The number of likely N-dealkylation sites (tertiary alicyclic amines) is 1. The Balaban J connectivity index is 1.28. The number of hydrogen-bond donors (Lipinski definition) is 2. The van der Waals surface area contributed by atoms with Crippen LogP contribution in [-0.2, 0) is 6.54 Å². The molecular weight excluding hydrogens is 510 g/mol. The highest BCUT2D eigenvalue weighted by Crippen LogP contribution is 2.27. The van der Waals surface area contributed by atoms with Crippen LogP contribution in [0.2, 0.25) is 0 Å². The number of rotatable bonds is 11. The molecule has 41 heavy (non-hydrogen) atoms. The summed E-state index contributed by atoms with van der Waals surface area (Å²) in [6.45, 7) is 13.5. The molecule has 0 radical (unpaired) electrons. The fourth-order valence-electron chi connectivity index (χ4n) is 5.84. The second-order valence-corrected chi connectivity index (χ2v) is 11.6. The first-order valence-electron chi connectivity index (χ1n) is 14.9. The molecule has 0 spiro atoms. The van der Waals surface area contributed by atoms with Crippen LogP contribution in [0.4, 0.5) is 5.69 Å². The standard InChI is InChI=1S/C34H45N5O2/c1-24(2)37-34(41)32-25(3)20-29(21-26(32)4)33(40)36-17-13-27(5)38-18-14-31(15-19-38)39(30-11-7-6-8-12-30)23-28-10-9-16-35-22-28/h6-12,16,20-22,24,27,31H,13-15,17-19,23H2,1-5H3,(H,36,40)(H,37,41)/t27-/m1/s1. The summed E-state index contributed by atoms with van der Waals surface area (Å²) in [5.41, 5.74) is 5.37. The quantitative estimate of drug-likeness (QED) is 0.326. The minimum Gasteiger partial charge on any atom is -0.364 e. The summed E-state index contributed by atoms with van der Waals surface area (Å²) >= 11 is 0. The Morgan fingerprint density at radius 1 is 0.976 bits per heavy atom. The van der Waals surface area contributed by atoms with Crippen molar-refractivity contribution in [2.75, 3.05) is 24.5 Å². The smallest absolute Gasteiger partial charge is 0.252 e. The topological polar surface area (TPSA) is 77.6 Å². The van der Waals surface area contributed by atoms with Gasteiger partial charge in [0.1, 0.15) is 0 Å². The lowest BCUT2D eigenvalue weighted by molar-refractivity contribution is 0.0930. The maximum Gasteiger partial charge on any atom is 0.252 e. The molecule has 7 nitrogen and oxygen atoms in total. The average Bonchev–Trinajstić information content (AvgIpc) is 2.96. The second-order valence-electron chi connectivity index (χ2n) is 11.6. The van der Waals surface area contributed by atoms with Gasteiger partial charge in [0.15, 0.2) is 0 Å². The van der Waals surface area contributed by atoms with Crippen LogP contribution in [0.5, 0.6) is 0 Å². The fraction of sp³-hybridized carbons (Fsp3) is 0.441. The Morgan fingerprint density at radius 2 is 1.66 bits per heavy atom. The van der Waals surface area contributed by atoms with Gasteiger partial charge in [-0.1, -0.05) is 24.3 Å². The lowest BCUT2D eigenvalue weighted by atomic mass is 9.98. The van der Waals surface area contributed by atoms with Crippen LogP contribution >= 0.6 is 0 Å². The van der Waals surface area contributed by atoms with Crippen LogP contribution in [0.3, 0.4) is 0 Å². The van der Waals surface area contributed by atoms with Crippen molar-refractivity contribution in [3.05, 3.63) is 94.8 Å². The number of para-hydroxylation sites is 1. The van der Waals surface area contributed by atoms with Gasteiger partial charge in [-0.05, 0) is 101 Å². The third-order valence-electron chi connectivity index (χ3n) is 8.02. The largest absolute Gasteiger partial charge is 0.364 e. The first-order chi connectivity index (χ1) is 19.7. The number of aryl methyl sites for hydroxylation is 2. The van der Waals surface area contributed by atoms with Crippen LogP contribution in [-0.4, -0.2) is 59.5 Å². The van der Waals surface area contributed by atoms with Crippen molar-refractivity contribution < 1.29 is 9.59 Å². The van der Waals surface area contributed by atoms with E-state index in [0.29, 0.717) is 29.8 Å². The van der Waals surface area contributed by atoms with Gasteiger partial charge in [0.05, 0.1) is 0 Å². The van der Waals surface area contributed by atoms with Crippen LogP contribution in [0, 0.1) is 13.8 Å². The van der Waals surface area contributed by atoms with Gasteiger partial charge in [0.25, 0.3) is 11.8 Å². The van der Waals surface area contributed by atoms with Crippen LogP contribution < -0.4 is 15.5 Å². The van der Waals surface area contributed by atoms with Gasteiger partial charge in [0, 0.05) is 73.5 Å². The van der Waals surface area contributed by atoms with E-state index in [0.717, 1.165) is 50.0 Å². The molecule has 2 aromatic carbocycles.